The fourth-order valence-electron chi connectivity index (χ4n) is 1.31. The van der Waals surface area contributed by atoms with Crippen LogP contribution < -0.4 is 0 Å². The van der Waals surface area contributed by atoms with Gasteiger partial charge in [-0.25, -0.2) is 22.0 Å². The smallest absolute Gasteiger partial charge is 0.200 e. The number of hydrogen-bond acceptors (Lipinski definition) is 1. The summed E-state index contributed by atoms with van der Waals surface area (Å²) < 4.78 is 64.4. The highest BCUT2D eigenvalue weighted by Crippen LogP contribution is 2.24. The number of Topliss-reactive ketones (excluding diaryl/α,β-unsaturated/α-hetero) is 1. The van der Waals surface area contributed by atoms with E-state index in [-0.39, 0.29) is 18.6 Å². The van der Waals surface area contributed by atoms with Crippen molar-refractivity contribution in [2.45, 2.75) is 26.2 Å². The van der Waals surface area contributed by atoms with Crippen molar-refractivity contribution in [2.24, 2.45) is 0 Å². The van der Waals surface area contributed by atoms with Crippen molar-refractivity contribution in [1.82, 2.24) is 0 Å². The van der Waals surface area contributed by atoms with E-state index < -0.39 is 41.1 Å². The van der Waals surface area contributed by atoms with Gasteiger partial charge in [-0.3, -0.25) is 4.79 Å². The van der Waals surface area contributed by atoms with Crippen LogP contribution in [-0.2, 0) is 11.2 Å². The summed E-state index contributed by atoms with van der Waals surface area (Å²) in [4.78, 5) is 10.9. The monoisotopic (exact) mass is 252 g/mol. The maximum absolute atomic E-state index is 13.1. The second-order valence-corrected chi connectivity index (χ2v) is 3.44. The third-order valence-corrected chi connectivity index (χ3v) is 2.35. The zero-order valence-corrected chi connectivity index (χ0v) is 8.92. The molecule has 1 nitrogen and oxygen atoms in total. The van der Waals surface area contributed by atoms with Gasteiger partial charge in [-0.05, 0) is 6.42 Å². The van der Waals surface area contributed by atoms with E-state index in [1.54, 1.807) is 6.92 Å². The Labute approximate surface area is 94.2 Å². The van der Waals surface area contributed by atoms with Crippen LogP contribution in [0, 0.1) is 29.1 Å². The topological polar surface area (TPSA) is 17.1 Å². The normalized spacial score (nSPS) is 10.7. The third kappa shape index (κ3) is 2.62. The van der Waals surface area contributed by atoms with Gasteiger partial charge in [-0.2, -0.15) is 0 Å². The quantitative estimate of drug-likeness (QED) is 0.456. The van der Waals surface area contributed by atoms with Gasteiger partial charge in [-0.15, -0.1) is 0 Å². The Morgan fingerprint density at radius 1 is 0.882 bits per heavy atom. The van der Waals surface area contributed by atoms with Gasteiger partial charge >= 0.3 is 0 Å². The molecule has 1 rings (SSSR count). The number of halogens is 5. The molecule has 17 heavy (non-hydrogen) atoms. The molecule has 0 atom stereocenters. The maximum Gasteiger partial charge on any atom is 0.200 e. The summed E-state index contributed by atoms with van der Waals surface area (Å²) in [6.07, 6.45) is -0.608. The first-order valence-corrected chi connectivity index (χ1v) is 4.92. The van der Waals surface area contributed by atoms with Crippen LogP contribution in [0.1, 0.15) is 25.3 Å². The van der Waals surface area contributed by atoms with Gasteiger partial charge in [0.1, 0.15) is 5.78 Å². The molecule has 0 aliphatic carbocycles. The van der Waals surface area contributed by atoms with Crippen LogP contribution in [-0.4, -0.2) is 5.78 Å². The molecular weight excluding hydrogens is 243 g/mol. The molecule has 1 aromatic carbocycles. The Morgan fingerprint density at radius 3 is 1.71 bits per heavy atom. The highest BCUT2D eigenvalue weighted by Gasteiger charge is 2.25. The van der Waals surface area contributed by atoms with Crippen LogP contribution in [0.25, 0.3) is 0 Å². The number of carbonyl (C=O) groups excluding carboxylic acids is 1. The number of benzene rings is 1. The average molecular weight is 252 g/mol. The van der Waals surface area contributed by atoms with E-state index in [4.69, 9.17) is 0 Å². The molecule has 1 aromatic rings. The van der Waals surface area contributed by atoms with E-state index in [9.17, 15) is 26.7 Å². The molecule has 0 saturated carbocycles. The molecule has 94 valence electrons. The van der Waals surface area contributed by atoms with Gasteiger partial charge in [-0.1, -0.05) is 6.92 Å². The maximum atomic E-state index is 13.1. The van der Waals surface area contributed by atoms with Crippen LogP contribution in [0.2, 0.25) is 0 Å². The molecule has 0 amide bonds. The molecule has 0 radical (unpaired) electrons. The summed E-state index contributed by atoms with van der Waals surface area (Å²) in [6.45, 7) is 1.54. The predicted octanol–water partition coefficient (Wildman–Crippen LogP) is 3.29. The lowest BCUT2D eigenvalue weighted by atomic mass is 10.0. The average Bonchev–Trinajstić information content (AvgIpc) is 2.33. The Balaban J connectivity index is 3.12. The first-order valence-electron chi connectivity index (χ1n) is 4.92. The third-order valence-electron chi connectivity index (χ3n) is 2.35. The van der Waals surface area contributed by atoms with Crippen LogP contribution in [0.3, 0.4) is 0 Å². The molecule has 0 aromatic heterocycles. The highest BCUT2D eigenvalue weighted by atomic mass is 19.2. The molecule has 0 spiro atoms. The lowest BCUT2D eigenvalue weighted by Gasteiger charge is -2.07. The first kappa shape index (κ1) is 13.6. The van der Waals surface area contributed by atoms with E-state index in [1.165, 1.54) is 0 Å². The van der Waals surface area contributed by atoms with Crippen LogP contribution in [0.4, 0.5) is 22.0 Å². The van der Waals surface area contributed by atoms with Crippen molar-refractivity contribution in [3.8, 4) is 0 Å². The van der Waals surface area contributed by atoms with Crippen LogP contribution in [0.15, 0.2) is 0 Å². The zero-order chi connectivity index (χ0) is 13.2. The summed E-state index contributed by atoms with van der Waals surface area (Å²) >= 11 is 0. The first-order chi connectivity index (χ1) is 7.90. The lowest BCUT2D eigenvalue weighted by Crippen LogP contribution is -2.09. The molecule has 0 bridgehead atoms. The minimum atomic E-state index is -2.19. The van der Waals surface area contributed by atoms with E-state index in [1.807, 2.05) is 0 Å². The Hall–Kier alpha value is -1.46. The second-order valence-electron chi connectivity index (χ2n) is 3.44. The summed E-state index contributed by atoms with van der Waals surface area (Å²) in [5, 5.41) is 0. The van der Waals surface area contributed by atoms with Crippen LogP contribution >= 0.6 is 0 Å². The summed E-state index contributed by atoms with van der Waals surface area (Å²) in [5.41, 5.74) is -0.941. The Morgan fingerprint density at radius 2 is 1.29 bits per heavy atom. The summed E-state index contributed by atoms with van der Waals surface area (Å²) in [6, 6.07) is 0. The fraction of sp³-hybridized carbons (Fsp3) is 0.364. The van der Waals surface area contributed by atoms with Gasteiger partial charge in [0.2, 0.25) is 5.82 Å². The Bertz CT molecular complexity index is 427. The van der Waals surface area contributed by atoms with Crippen molar-refractivity contribution in [2.75, 3.05) is 0 Å². The standard InChI is InChI=1S/C11H9F5O/c1-2-5(17)3-4-6-7(12)9(14)11(16)10(15)8(6)13/h2-4H2,1H3. The molecule has 0 N–H and O–H groups in total. The molecule has 0 fully saturated rings. The largest absolute Gasteiger partial charge is 0.300 e. The lowest BCUT2D eigenvalue weighted by molar-refractivity contribution is -0.118. The van der Waals surface area contributed by atoms with Gasteiger partial charge in [0.15, 0.2) is 23.3 Å². The SMILES string of the molecule is CCC(=O)CCc1c(F)c(F)c(F)c(F)c1F. The molecule has 0 unspecified atom stereocenters. The van der Waals surface area contributed by atoms with Crippen molar-refractivity contribution >= 4 is 5.78 Å². The second kappa shape index (κ2) is 5.25. The number of ketones is 1. The van der Waals surface area contributed by atoms with Crippen LogP contribution in [0.5, 0.6) is 0 Å². The molecular formula is C11H9F5O. The van der Waals surface area contributed by atoms with E-state index in [0.717, 1.165) is 0 Å². The highest BCUT2D eigenvalue weighted by molar-refractivity contribution is 5.78. The Kier molecular flexibility index (Phi) is 4.20. The van der Waals surface area contributed by atoms with Crippen molar-refractivity contribution < 1.29 is 26.7 Å². The van der Waals surface area contributed by atoms with Crippen molar-refractivity contribution in [3.63, 3.8) is 0 Å². The number of hydrogen-bond donors (Lipinski definition) is 0. The molecule has 0 saturated heterocycles. The molecule has 0 aliphatic heterocycles. The van der Waals surface area contributed by atoms with Gasteiger partial charge < -0.3 is 0 Å². The van der Waals surface area contributed by atoms with Gasteiger partial charge in [0.25, 0.3) is 0 Å². The molecule has 0 heterocycles. The number of rotatable bonds is 4. The molecule has 6 heteroatoms. The molecule has 0 aliphatic rings. The van der Waals surface area contributed by atoms with Gasteiger partial charge in [0.05, 0.1) is 0 Å². The van der Waals surface area contributed by atoms with Crippen molar-refractivity contribution in [3.05, 3.63) is 34.6 Å². The fourth-order valence-corrected chi connectivity index (χ4v) is 1.31. The van der Waals surface area contributed by atoms with Crippen molar-refractivity contribution in [1.29, 1.82) is 0 Å². The summed E-state index contributed by atoms with van der Waals surface area (Å²) in [7, 11) is 0. The van der Waals surface area contributed by atoms with Gasteiger partial charge in [0, 0.05) is 18.4 Å². The minimum absolute atomic E-state index is 0.148. The minimum Gasteiger partial charge on any atom is -0.300 e. The van der Waals surface area contributed by atoms with E-state index in [2.05, 4.69) is 0 Å². The van der Waals surface area contributed by atoms with E-state index >= 15 is 0 Å². The van der Waals surface area contributed by atoms with E-state index in [0.29, 0.717) is 0 Å². The number of carbonyl (C=O) groups is 1. The zero-order valence-electron chi connectivity index (χ0n) is 8.92. The summed E-state index contributed by atoms with van der Waals surface area (Å²) in [5.74, 6) is -10.2. The predicted molar refractivity (Wildman–Crippen MR) is 49.9 cm³/mol.